The van der Waals surface area contributed by atoms with Gasteiger partial charge in [-0.2, -0.15) is 0 Å². The molecule has 1 heterocycles. The summed E-state index contributed by atoms with van der Waals surface area (Å²) in [7, 11) is 1.70. The number of aromatic nitrogens is 1. The molecule has 3 rings (SSSR count). The van der Waals surface area contributed by atoms with Crippen molar-refractivity contribution in [3.8, 4) is 11.3 Å². The number of rotatable bonds is 5. The summed E-state index contributed by atoms with van der Waals surface area (Å²) in [5, 5.41) is 13.4. The van der Waals surface area contributed by atoms with Crippen molar-refractivity contribution in [3.05, 3.63) is 51.9 Å². The number of hydrogen-bond donors (Lipinski definition) is 0. The third-order valence-electron chi connectivity index (χ3n) is 4.08. The molecule has 0 N–H and O–H groups in total. The van der Waals surface area contributed by atoms with E-state index in [-0.39, 0.29) is 11.6 Å². The van der Waals surface area contributed by atoms with Gasteiger partial charge >= 0.3 is 0 Å². The third kappa shape index (κ3) is 3.35. The first-order valence-corrected chi connectivity index (χ1v) is 8.56. The van der Waals surface area contributed by atoms with E-state index in [1.54, 1.807) is 30.6 Å². The van der Waals surface area contributed by atoms with Crippen LogP contribution in [0.25, 0.3) is 11.3 Å². The van der Waals surface area contributed by atoms with E-state index in [4.69, 9.17) is 0 Å². The number of para-hydroxylation sites is 1. The lowest BCUT2D eigenvalue weighted by Gasteiger charge is -2.15. The van der Waals surface area contributed by atoms with Crippen LogP contribution in [0.2, 0.25) is 0 Å². The Hall–Kier alpha value is -2.54. The molecule has 7 heteroatoms. The van der Waals surface area contributed by atoms with Gasteiger partial charge in [0.1, 0.15) is 0 Å². The number of benzene rings is 1. The molecule has 1 amide bonds. The number of nitrogens with zero attached hydrogens (tertiary/aromatic N) is 3. The molecular formula is C17H17N3O3S. The highest BCUT2D eigenvalue weighted by Crippen LogP contribution is 2.33. The summed E-state index contributed by atoms with van der Waals surface area (Å²) in [6, 6.07) is 6.49. The second-order valence-electron chi connectivity index (χ2n) is 5.71. The molecule has 1 aromatic carbocycles. The van der Waals surface area contributed by atoms with Gasteiger partial charge in [0.05, 0.1) is 16.2 Å². The van der Waals surface area contributed by atoms with Crippen molar-refractivity contribution < 1.29 is 9.72 Å². The molecule has 0 radical (unpaired) electrons. The minimum absolute atomic E-state index is 0.00927. The number of anilines is 1. The summed E-state index contributed by atoms with van der Waals surface area (Å²) in [6.45, 7) is 0. The lowest BCUT2D eigenvalue weighted by Crippen LogP contribution is -2.27. The van der Waals surface area contributed by atoms with Crippen LogP contribution in [-0.4, -0.2) is 22.9 Å². The lowest BCUT2D eigenvalue weighted by molar-refractivity contribution is -0.384. The van der Waals surface area contributed by atoms with Crippen molar-refractivity contribution in [2.24, 2.45) is 5.92 Å². The first-order chi connectivity index (χ1) is 11.6. The second kappa shape index (κ2) is 6.92. The number of nitro groups is 1. The average Bonchev–Trinajstić information content (AvgIpc) is 3.25. The Morgan fingerprint density at radius 2 is 2.25 bits per heavy atom. The number of carbonyl (C=O) groups excluding carboxylic acids is 1. The zero-order chi connectivity index (χ0) is 17.1. The third-order valence-corrected chi connectivity index (χ3v) is 5.00. The van der Waals surface area contributed by atoms with Crippen molar-refractivity contribution >= 4 is 28.1 Å². The number of allylic oxidation sites excluding steroid dienone is 2. The monoisotopic (exact) mass is 343 g/mol. The van der Waals surface area contributed by atoms with Crippen molar-refractivity contribution in [2.45, 2.75) is 19.3 Å². The molecule has 124 valence electrons. The molecule has 1 atom stereocenters. The maximum Gasteiger partial charge on any atom is 0.278 e. The standard InChI is InChI=1S/C17H17N3O3S/c1-19(16(21)10-12-6-2-3-7-12)17-18-14(11-24-17)13-8-4-5-9-15(13)20(22)23/h2,4-6,8-9,11-12H,3,7,10H2,1H3. The highest BCUT2D eigenvalue weighted by Gasteiger charge is 2.22. The Bertz CT molecular complexity index is 800. The van der Waals surface area contributed by atoms with E-state index in [0.717, 1.165) is 12.8 Å². The molecular weight excluding hydrogens is 326 g/mol. The largest absolute Gasteiger partial charge is 0.291 e. The molecule has 0 spiro atoms. The van der Waals surface area contributed by atoms with Gasteiger partial charge in [-0.3, -0.25) is 19.8 Å². The van der Waals surface area contributed by atoms with Crippen molar-refractivity contribution in [1.82, 2.24) is 4.98 Å². The Labute approximate surface area is 143 Å². The van der Waals surface area contributed by atoms with Crippen LogP contribution in [-0.2, 0) is 4.79 Å². The summed E-state index contributed by atoms with van der Waals surface area (Å²) < 4.78 is 0. The fourth-order valence-electron chi connectivity index (χ4n) is 2.72. The minimum Gasteiger partial charge on any atom is -0.291 e. The quantitative estimate of drug-likeness (QED) is 0.466. The summed E-state index contributed by atoms with van der Waals surface area (Å²) >= 11 is 1.31. The zero-order valence-corrected chi connectivity index (χ0v) is 14.0. The van der Waals surface area contributed by atoms with Gasteiger partial charge in [-0.15, -0.1) is 11.3 Å². The zero-order valence-electron chi connectivity index (χ0n) is 13.2. The van der Waals surface area contributed by atoms with Gasteiger partial charge in [0.15, 0.2) is 5.13 Å². The predicted molar refractivity (Wildman–Crippen MR) is 94.1 cm³/mol. The molecule has 0 saturated carbocycles. The number of thiazole rings is 1. The van der Waals surface area contributed by atoms with Gasteiger partial charge in [0, 0.05) is 24.9 Å². The molecule has 0 saturated heterocycles. The Morgan fingerprint density at radius 1 is 1.46 bits per heavy atom. The van der Waals surface area contributed by atoms with Crippen LogP contribution in [0.3, 0.4) is 0 Å². The van der Waals surface area contributed by atoms with E-state index >= 15 is 0 Å². The normalized spacial score (nSPS) is 16.3. The SMILES string of the molecule is CN(C(=O)CC1C=CCC1)c1nc(-c2ccccc2[N+](=O)[O-])cs1. The van der Waals surface area contributed by atoms with E-state index in [2.05, 4.69) is 17.1 Å². The number of carbonyl (C=O) groups is 1. The van der Waals surface area contributed by atoms with Gasteiger partial charge in [0.2, 0.25) is 5.91 Å². The van der Waals surface area contributed by atoms with Crippen LogP contribution in [0.15, 0.2) is 41.8 Å². The van der Waals surface area contributed by atoms with Gasteiger partial charge in [-0.25, -0.2) is 4.98 Å². The first kappa shape index (κ1) is 16.3. The Kier molecular flexibility index (Phi) is 4.71. The van der Waals surface area contributed by atoms with E-state index in [1.807, 2.05) is 0 Å². The minimum atomic E-state index is -0.421. The summed E-state index contributed by atoms with van der Waals surface area (Å²) in [5.74, 6) is 0.310. The van der Waals surface area contributed by atoms with E-state index in [9.17, 15) is 14.9 Å². The fourth-order valence-corrected chi connectivity index (χ4v) is 3.53. The molecule has 6 nitrogen and oxygen atoms in total. The van der Waals surface area contributed by atoms with Crippen LogP contribution in [0.1, 0.15) is 19.3 Å². The highest BCUT2D eigenvalue weighted by molar-refractivity contribution is 7.14. The second-order valence-corrected chi connectivity index (χ2v) is 6.55. The van der Waals surface area contributed by atoms with Gasteiger partial charge in [0.25, 0.3) is 5.69 Å². The molecule has 1 aliphatic rings. The fraction of sp³-hybridized carbons (Fsp3) is 0.294. The van der Waals surface area contributed by atoms with Crippen LogP contribution < -0.4 is 4.90 Å². The van der Waals surface area contributed by atoms with E-state index in [1.165, 1.54) is 22.3 Å². The predicted octanol–water partition coefficient (Wildman–Crippen LogP) is 4.04. The van der Waals surface area contributed by atoms with Gasteiger partial charge in [-0.1, -0.05) is 24.3 Å². The molecule has 1 aromatic heterocycles. The maximum atomic E-state index is 12.4. The summed E-state index contributed by atoms with van der Waals surface area (Å²) in [4.78, 5) is 29.1. The van der Waals surface area contributed by atoms with Crippen molar-refractivity contribution in [2.75, 3.05) is 11.9 Å². The molecule has 0 fully saturated rings. The summed E-state index contributed by atoms with van der Waals surface area (Å²) in [6.07, 6.45) is 6.70. The topological polar surface area (TPSA) is 76.3 Å². The van der Waals surface area contributed by atoms with Crippen molar-refractivity contribution in [1.29, 1.82) is 0 Å². The molecule has 0 bridgehead atoms. The molecule has 1 unspecified atom stereocenters. The van der Waals surface area contributed by atoms with E-state index in [0.29, 0.717) is 28.7 Å². The van der Waals surface area contributed by atoms with Gasteiger partial charge < -0.3 is 0 Å². The average molecular weight is 343 g/mol. The number of hydrogen-bond acceptors (Lipinski definition) is 5. The Morgan fingerprint density at radius 3 is 2.96 bits per heavy atom. The highest BCUT2D eigenvalue weighted by atomic mass is 32.1. The maximum absolute atomic E-state index is 12.4. The van der Waals surface area contributed by atoms with Crippen LogP contribution in [0.5, 0.6) is 0 Å². The number of nitro benzene ring substituents is 1. The van der Waals surface area contributed by atoms with E-state index < -0.39 is 4.92 Å². The van der Waals surface area contributed by atoms with Crippen LogP contribution in [0, 0.1) is 16.0 Å². The number of amides is 1. The smallest absolute Gasteiger partial charge is 0.278 e. The van der Waals surface area contributed by atoms with Gasteiger partial charge in [-0.05, 0) is 24.8 Å². The van der Waals surface area contributed by atoms with Crippen LogP contribution in [0.4, 0.5) is 10.8 Å². The summed E-state index contributed by atoms with van der Waals surface area (Å²) in [5.41, 5.74) is 0.992. The lowest BCUT2D eigenvalue weighted by atomic mass is 10.0. The molecule has 0 aliphatic heterocycles. The molecule has 24 heavy (non-hydrogen) atoms. The molecule has 1 aliphatic carbocycles. The molecule has 2 aromatic rings. The van der Waals surface area contributed by atoms with Crippen LogP contribution >= 0.6 is 11.3 Å². The van der Waals surface area contributed by atoms with Crippen molar-refractivity contribution in [3.63, 3.8) is 0 Å². The Balaban J connectivity index is 1.79. The first-order valence-electron chi connectivity index (χ1n) is 7.69.